The Morgan fingerprint density at radius 3 is 2.89 bits per heavy atom. The van der Waals surface area contributed by atoms with Crippen molar-refractivity contribution in [2.24, 2.45) is 5.92 Å². The molecule has 0 unspecified atom stereocenters. The van der Waals surface area contributed by atoms with Crippen molar-refractivity contribution in [1.82, 2.24) is 13.6 Å². The van der Waals surface area contributed by atoms with Gasteiger partial charge in [0.25, 0.3) is 10.2 Å². The Kier molecular flexibility index (Phi) is 4.45. The lowest BCUT2D eigenvalue weighted by Crippen LogP contribution is -2.38. The highest BCUT2D eigenvalue weighted by molar-refractivity contribution is 7.86. The molecule has 0 amide bonds. The first-order valence-corrected chi connectivity index (χ1v) is 7.95. The fourth-order valence-corrected chi connectivity index (χ4v) is 3.68. The van der Waals surface area contributed by atoms with Crippen molar-refractivity contribution >= 4 is 21.8 Å². The molecule has 0 aromatic carbocycles. The zero-order chi connectivity index (χ0) is 14.0. The van der Waals surface area contributed by atoms with E-state index in [0.717, 1.165) is 18.4 Å². The molecule has 1 aromatic rings. The summed E-state index contributed by atoms with van der Waals surface area (Å²) in [5, 5.41) is 0.511. The molecule has 1 atom stereocenters. The maximum atomic E-state index is 12.0. The number of hydrogen-bond acceptors (Lipinski definition) is 3. The Bertz CT molecular complexity index is 548. The van der Waals surface area contributed by atoms with E-state index in [0.29, 0.717) is 24.2 Å². The normalized spacial score (nSPS) is 21.2. The largest absolute Gasteiger partial charge is 0.281 e. The average Bonchev–Trinajstić information content (AvgIpc) is 2.81. The first kappa shape index (κ1) is 14.7. The summed E-state index contributed by atoms with van der Waals surface area (Å²) in [6.45, 7) is 1.12. The van der Waals surface area contributed by atoms with Gasteiger partial charge in [-0.1, -0.05) is 17.7 Å². The number of nitrogens with zero attached hydrogens (tertiary/aromatic N) is 3. The lowest BCUT2D eigenvalue weighted by atomic mass is 10.0. The van der Waals surface area contributed by atoms with Crippen molar-refractivity contribution in [3.8, 4) is 0 Å². The van der Waals surface area contributed by atoms with Crippen molar-refractivity contribution < 1.29 is 8.42 Å². The van der Waals surface area contributed by atoms with Gasteiger partial charge in [0.2, 0.25) is 0 Å². The van der Waals surface area contributed by atoms with Crippen LogP contribution < -0.4 is 0 Å². The van der Waals surface area contributed by atoms with Crippen molar-refractivity contribution in [3.05, 3.63) is 29.0 Å². The van der Waals surface area contributed by atoms with Crippen LogP contribution >= 0.6 is 11.6 Å². The molecule has 19 heavy (non-hydrogen) atoms. The molecule has 1 aromatic heterocycles. The molecule has 0 bridgehead atoms. The maximum Gasteiger partial charge on any atom is 0.281 e. The van der Waals surface area contributed by atoms with Gasteiger partial charge < -0.3 is 0 Å². The molecular weight excluding hydrogens is 286 g/mol. The summed E-state index contributed by atoms with van der Waals surface area (Å²) >= 11 is 6.03. The molecule has 1 fully saturated rings. The van der Waals surface area contributed by atoms with E-state index < -0.39 is 10.2 Å². The smallest absolute Gasteiger partial charge is 0.244 e. The fourth-order valence-electron chi connectivity index (χ4n) is 2.29. The van der Waals surface area contributed by atoms with Gasteiger partial charge in [-0.3, -0.25) is 0 Å². The summed E-state index contributed by atoms with van der Waals surface area (Å²) < 4.78 is 26.8. The molecule has 5 nitrogen and oxygen atoms in total. The Hall–Kier alpha value is -0.690. The summed E-state index contributed by atoms with van der Waals surface area (Å²) in [5.41, 5.74) is 0.985. The third kappa shape index (κ3) is 3.25. The van der Waals surface area contributed by atoms with Crippen LogP contribution in [0.2, 0.25) is 5.15 Å². The van der Waals surface area contributed by atoms with Crippen LogP contribution in [0.25, 0.3) is 0 Å². The minimum atomic E-state index is -3.29. The zero-order valence-corrected chi connectivity index (χ0v) is 12.7. The Morgan fingerprint density at radius 1 is 1.53 bits per heavy atom. The molecule has 0 spiro atoms. The quantitative estimate of drug-likeness (QED) is 0.790. The monoisotopic (exact) mass is 303 g/mol. The highest BCUT2D eigenvalue weighted by Crippen LogP contribution is 2.25. The predicted molar refractivity (Wildman–Crippen MR) is 75.2 cm³/mol. The van der Waals surface area contributed by atoms with E-state index in [1.807, 2.05) is 12.1 Å². The van der Waals surface area contributed by atoms with E-state index >= 15 is 0 Å². The van der Waals surface area contributed by atoms with E-state index in [1.54, 1.807) is 20.3 Å². The number of aromatic nitrogens is 1. The van der Waals surface area contributed by atoms with Crippen molar-refractivity contribution in [2.45, 2.75) is 12.8 Å². The predicted octanol–water partition coefficient (Wildman–Crippen LogP) is 1.41. The number of hydrogen-bond donors (Lipinski definition) is 0. The Labute approximate surface area is 119 Å². The highest BCUT2D eigenvalue weighted by atomic mass is 35.5. The molecule has 0 saturated carbocycles. The molecule has 0 N–H and O–H groups in total. The van der Waals surface area contributed by atoms with E-state index in [1.165, 1.54) is 8.61 Å². The van der Waals surface area contributed by atoms with Gasteiger partial charge in [-0.25, -0.2) is 4.98 Å². The van der Waals surface area contributed by atoms with Gasteiger partial charge in [-0.15, -0.1) is 0 Å². The maximum absolute atomic E-state index is 12.0. The molecule has 106 valence electrons. The minimum absolute atomic E-state index is 0.302. The Morgan fingerprint density at radius 2 is 2.26 bits per heavy atom. The van der Waals surface area contributed by atoms with Crippen LogP contribution in [-0.2, 0) is 16.6 Å². The van der Waals surface area contributed by atoms with Gasteiger partial charge in [0, 0.05) is 33.4 Å². The topological polar surface area (TPSA) is 53.5 Å². The highest BCUT2D eigenvalue weighted by Gasteiger charge is 2.32. The minimum Gasteiger partial charge on any atom is -0.244 e. The van der Waals surface area contributed by atoms with Crippen LogP contribution in [0.4, 0.5) is 0 Å². The summed E-state index contributed by atoms with van der Waals surface area (Å²) in [6, 6.07) is 3.79. The lowest BCUT2D eigenvalue weighted by Gasteiger charge is -2.20. The molecule has 0 radical (unpaired) electrons. The molecule has 1 aliphatic heterocycles. The van der Waals surface area contributed by atoms with Gasteiger partial charge in [-0.05, 0) is 30.4 Å². The van der Waals surface area contributed by atoms with Gasteiger partial charge in [-0.2, -0.15) is 17.0 Å². The van der Waals surface area contributed by atoms with Crippen molar-refractivity contribution in [1.29, 1.82) is 0 Å². The third-order valence-corrected chi connectivity index (χ3v) is 5.63. The fraction of sp³-hybridized carbons (Fsp3) is 0.583. The van der Waals surface area contributed by atoms with E-state index in [2.05, 4.69) is 4.98 Å². The van der Waals surface area contributed by atoms with Gasteiger partial charge in [0.1, 0.15) is 5.15 Å². The van der Waals surface area contributed by atoms with Crippen LogP contribution in [-0.4, -0.2) is 49.2 Å². The van der Waals surface area contributed by atoms with Crippen LogP contribution in [0.5, 0.6) is 0 Å². The molecule has 0 aliphatic carbocycles. The summed E-state index contributed by atoms with van der Waals surface area (Å²) in [6.07, 6.45) is 3.29. The van der Waals surface area contributed by atoms with Crippen LogP contribution in [0.3, 0.4) is 0 Å². The van der Waals surface area contributed by atoms with E-state index in [9.17, 15) is 8.42 Å². The molecule has 1 aliphatic rings. The van der Waals surface area contributed by atoms with Crippen molar-refractivity contribution in [2.75, 3.05) is 27.2 Å². The number of pyridine rings is 1. The SMILES string of the molecule is CN(C)S(=O)(=O)N1CC[C@@H](Cc2cccnc2Cl)C1. The van der Waals surface area contributed by atoms with Crippen LogP contribution in [0, 0.1) is 5.92 Å². The second kappa shape index (κ2) is 5.75. The van der Waals surface area contributed by atoms with Gasteiger partial charge in [0.05, 0.1) is 0 Å². The summed E-state index contributed by atoms with van der Waals surface area (Å²) in [4.78, 5) is 4.04. The average molecular weight is 304 g/mol. The summed E-state index contributed by atoms with van der Waals surface area (Å²) in [7, 11) is -0.181. The molecular formula is C12H18ClN3O2S. The standard InChI is InChI=1S/C12H18ClN3O2S/c1-15(2)19(17,18)16-7-5-10(9-16)8-11-4-3-6-14-12(11)13/h3-4,6,10H,5,7-9H2,1-2H3/t10-/m0/s1. The number of rotatable bonds is 4. The van der Waals surface area contributed by atoms with E-state index in [4.69, 9.17) is 11.6 Å². The molecule has 2 rings (SSSR count). The van der Waals surface area contributed by atoms with Crippen LogP contribution in [0.15, 0.2) is 18.3 Å². The first-order chi connectivity index (χ1) is 8.91. The first-order valence-electron chi connectivity index (χ1n) is 6.18. The van der Waals surface area contributed by atoms with Crippen LogP contribution in [0.1, 0.15) is 12.0 Å². The number of halogens is 1. The molecule has 7 heteroatoms. The lowest BCUT2D eigenvalue weighted by molar-refractivity contribution is 0.409. The third-order valence-electron chi connectivity index (χ3n) is 3.38. The van der Waals surface area contributed by atoms with Gasteiger partial charge in [0.15, 0.2) is 0 Å². The van der Waals surface area contributed by atoms with Gasteiger partial charge >= 0.3 is 0 Å². The second-order valence-corrected chi connectivity index (χ2v) is 7.46. The van der Waals surface area contributed by atoms with E-state index in [-0.39, 0.29) is 0 Å². The zero-order valence-electron chi connectivity index (χ0n) is 11.1. The van der Waals surface area contributed by atoms with Crippen molar-refractivity contribution in [3.63, 3.8) is 0 Å². The Balaban J connectivity index is 2.02. The second-order valence-electron chi connectivity index (χ2n) is 4.96. The summed E-state index contributed by atoms with van der Waals surface area (Å²) in [5.74, 6) is 0.302. The molecule has 2 heterocycles. The molecule has 1 saturated heterocycles.